The number of carbonyl (C=O) groups excluding carboxylic acids is 2. The summed E-state index contributed by atoms with van der Waals surface area (Å²) in [5.41, 5.74) is 2.40. The Bertz CT molecular complexity index is 1110. The molecule has 3 N–H and O–H groups in total. The number of ether oxygens (including phenoxy) is 2. The quantitative estimate of drug-likeness (QED) is 0.508. The first-order valence-electron chi connectivity index (χ1n) is 13.8. The van der Waals surface area contributed by atoms with E-state index in [0.717, 1.165) is 26.1 Å². The van der Waals surface area contributed by atoms with Gasteiger partial charge in [0.15, 0.2) is 5.76 Å². The molecule has 5 atom stereocenters. The van der Waals surface area contributed by atoms with Crippen LogP contribution in [0.15, 0.2) is 34.9 Å². The summed E-state index contributed by atoms with van der Waals surface area (Å²) in [7, 11) is 0. The lowest BCUT2D eigenvalue weighted by atomic mass is 9.95. The Morgan fingerprint density at radius 1 is 1.10 bits per heavy atom. The fourth-order valence-electron chi connectivity index (χ4n) is 5.84. The van der Waals surface area contributed by atoms with E-state index < -0.39 is 12.2 Å². The Labute approximate surface area is 228 Å². The number of nitrogens with one attached hydrogen (secondary N) is 2. The van der Waals surface area contributed by atoms with Gasteiger partial charge in [-0.2, -0.15) is 0 Å². The number of rotatable bonds is 6. The summed E-state index contributed by atoms with van der Waals surface area (Å²) in [4.78, 5) is 30.2. The highest BCUT2D eigenvalue weighted by molar-refractivity contribution is 5.90. The number of urea groups is 1. The first kappa shape index (κ1) is 27.6. The minimum Gasteiger partial charge on any atom is -0.389 e. The van der Waals surface area contributed by atoms with Gasteiger partial charge >= 0.3 is 6.03 Å². The molecule has 4 heterocycles. The Kier molecular flexibility index (Phi) is 8.81. The van der Waals surface area contributed by atoms with E-state index in [-0.39, 0.29) is 56.3 Å². The number of aliphatic hydroxyl groups is 1. The maximum Gasteiger partial charge on any atom is 0.322 e. The molecule has 3 saturated heterocycles. The van der Waals surface area contributed by atoms with Crippen molar-refractivity contribution in [1.29, 1.82) is 0 Å². The molecule has 0 bridgehead atoms. The summed E-state index contributed by atoms with van der Waals surface area (Å²) in [6.45, 7) is 6.64. The van der Waals surface area contributed by atoms with Crippen LogP contribution in [0.4, 0.5) is 10.5 Å². The highest BCUT2D eigenvalue weighted by Crippen LogP contribution is 2.29. The zero-order valence-electron chi connectivity index (χ0n) is 22.7. The van der Waals surface area contributed by atoms with Crippen molar-refractivity contribution in [2.24, 2.45) is 0 Å². The fourth-order valence-corrected chi connectivity index (χ4v) is 5.84. The summed E-state index contributed by atoms with van der Waals surface area (Å²) >= 11 is 0. The van der Waals surface area contributed by atoms with E-state index in [0.29, 0.717) is 30.0 Å². The van der Waals surface area contributed by atoms with Crippen molar-refractivity contribution in [2.45, 2.75) is 76.5 Å². The molecule has 0 saturated carbocycles. The first-order chi connectivity index (χ1) is 18.9. The summed E-state index contributed by atoms with van der Waals surface area (Å²) in [5, 5.41) is 20.4. The van der Waals surface area contributed by atoms with Crippen LogP contribution in [0.25, 0.3) is 0 Å². The third kappa shape index (κ3) is 6.96. The predicted molar refractivity (Wildman–Crippen MR) is 143 cm³/mol. The van der Waals surface area contributed by atoms with Crippen LogP contribution in [-0.4, -0.2) is 95.2 Å². The number of hydrogen-bond acceptors (Lipinski definition) is 8. The van der Waals surface area contributed by atoms with Gasteiger partial charge in [-0.1, -0.05) is 35.5 Å². The monoisotopic (exact) mass is 541 g/mol. The number of hydrogen-bond donors (Lipinski definition) is 3. The highest BCUT2D eigenvalue weighted by Gasteiger charge is 2.40. The highest BCUT2D eigenvalue weighted by atomic mass is 16.5. The van der Waals surface area contributed by atoms with Crippen molar-refractivity contribution in [3.05, 3.63) is 47.3 Å². The summed E-state index contributed by atoms with van der Waals surface area (Å²) in [6.07, 6.45) is 1.01. The van der Waals surface area contributed by atoms with E-state index in [1.54, 1.807) is 18.7 Å². The van der Waals surface area contributed by atoms with Gasteiger partial charge in [0.25, 0.3) is 0 Å². The van der Waals surface area contributed by atoms with E-state index in [1.165, 1.54) is 5.56 Å². The Balaban J connectivity index is 1.14. The standard InChI is InChI=1S/C28H39N5O6/c1-18-27(19(2)39-31-18)30-28(36)33-15-22(34)16-37-17-25-24(33)9-8-23(38-25)12-26(35)29-21-10-11-32(14-21)13-20-6-4-3-5-7-20/h3-7,21-25,34H,8-17H2,1-2H3,(H,29,35)(H,30,36)/t21-,22+,23-,24+,25-/m1/s1. The van der Waals surface area contributed by atoms with Gasteiger partial charge in [0, 0.05) is 25.7 Å². The van der Waals surface area contributed by atoms with Crippen LogP contribution in [0.1, 0.15) is 42.7 Å². The van der Waals surface area contributed by atoms with Crippen molar-refractivity contribution in [3.63, 3.8) is 0 Å². The van der Waals surface area contributed by atoms with E-state index in [2.05, 4.69) is 32.8 Å². The van der Waals surface area contributed by atoms with Gasteiger partial charge in [-0.15, -0.1) is 0 Å². The molecule has 0 spiro atoms. The van der Waals surface area contributed by atoms with Gasteiger partial charge in [-0.3, -0.25) is 9.69 Å². The number of benzene rings is 1. The Morgan fingerprint density at radius 3 is 2.69 bits per heavy atom. The lowest BCUT2D eigenvalue weighted by Crippen LogP contribution is -2.58. The fraction of sp³-hybridized carbons (Fsp3) is 0.607. The SMILES string of the molecule is Cc1noc(C)c1NC(=O)N1C[C@H](O)COC[C@H]2O[C@@H](CC(=O)N[C@@H]3CCN(Cc4ccccc4)C3)CC[C@@H]21. The van der Waals surface area contributed by atoms with Gasteiger partial charge in [0.2, 0.25) is 5.91 Å². The zero-order valence-corrected chi connectivity index (χ0v) is 22.7. The van der Waals surface area contributed by atoms with Crippen LogP contribution in [-0.2, 0) is 20.8 Å². The van der Waals surface area contributed by atoms with Crippen molar-refractivity contribution >= 4 is 17.6 Å². The van der Waals surface area contributed by atoms with Gasteiger partial charge in [-0.25, -0.2) is 4.79 Å². The Morgan fingerprint density at radius 2 is 1.92 bits per heavy atom. The average molecular weight is 542 g/mol. The van der Waals surface area contributed by atoms with Gasteiger partial charge in [0.1, 0.15) is 17.5 Å². The number of fused-ring (bicyclic) bond motifs is 1. The molecule has 212 valence electrons. The van der Waals surface area contributed by atoms with Crippen LogP contribution in [0.5, 0.6) is 0 Å². The number of aromatic nitrogens is 1. The number of carbonyl (C=O) groups is 2. The minimum atomic E-state index is -0.808. The second-order valence-electron chi connectivity index (χ2n) is 10.9. The summed E-state index contributed by atoms with van der Waals surface area (Å²) in [6, 6.07) is 9.86. The van der Waals surface area contributed by atoms with E-state index >= 15 is 0 Å². The molecule has 0 unspecified atom stereocenters. The minimum absolute atomic E-state index is 0.0137. The van der Waals surface area contributed by atoms with Crippen molar-refractivity contribution in [3.8, 4) is 0 Å². The molecule has 39 heavy (non-hydrogen) atoms. The lowest BCUT2D eigenvalue weighted by Gasteiger charge is -2.44. The molecule has 2 aromatic rings. The number of β-amino-alcohol motifs (C(OH)–C–C–N with tert-alkyl or cyclic N) is 1. The molecule has 5 rings (SSSR count). The van der Waals surface area contributed by atoms with Crippen LogP contribution >= 0.6 is 0 Å². The molecule has 3 fully saturated rings. The van der Waals surface area contributed by atoms with Crippen LogP contribution in [0, 0.1) is 13.8 Å². The maximum atomic E-state index is 13.3. The smallest absolute Gasteiger partial charge is 0.322 e. The first-order valence-corrected chi connectivity index (χ1v) is 13.8. The summed E-state index contributed by atoms with van der Waals surface area (Å²) in [5.74, 6) is 0.505. The second kappa shape index (κ2) is 12.5. The zero-order chi connectivity index (χ0) is 27.4. The van der Waals surface area contributed by atoms with Crippen molar-refractivity contribution < 1.29 is 28.7 Å². The molecule has 1 aromatic carbocycles. The molecule has 0 aliphatic carbocycles. The van der Waals surface area contributed by atoms with Gasteiger partial charge in [-0.05, 0) is 38.7 Å². The van der Waals surface area contributed by atoms with E-state index in [1.807, 2.05) is 18.2 Å². The number of likely N-dealkylation sites (tertiary alicyclic amines) is 1. The second-order valence-corrected chi connectivity index (χ2v) is 10.9. The lowest BCUT2D eigenvalue weighted by molar-refractivity contribution is -0.150. The van der Waals surface area contributed by atoms with Gasteiger partial charge in [0.05, 0.1) is 44.4 Å². The molecule has 3 aliphatic rings. The maximum absolute atomic E-state index is 13.3. The molecule has 1 aromatic heterocycles. The normalized spacial score (nSPS) is 27.9. The van der Waals surface area contributed by atoms with Gasteiger partial charge < -0.3 is 34.6 Å². The summed E-state index contributed by atoms with van der Waals surface area (Å²) < 4.78 is 17.2. The van der Waals surface area contributed by atoms with Crippen LogP contribution in [0.2, 0.25) is 0 Å². The largest absolute Gasteiger partial charge is 0.389 e. The van der Waals surface area contributed by atoms with Crippen LogP contribution in [0.3, 0.4) is 0 Å². The van der Waals surface area contributed by atoms with Crippen molar-refractivity contribution in [2.75, 3.05) is 38.2 Å². The van der Waals surface area contributed by atoms with E-state index in [9.17, 15) is 14.7 Å². The third-order valence-electron chi connectivity index (χ3n) is 7.81. The van der Waals surface area contributed by atoms with E-state index in [4.69, 9.17) is 14.0 Å². The molecule has 11 heteroatoms. The number of aliphatic hydroxyl groups excluding tert-OH is 1. The topological polar surface area (TPSA) is 129 Å². The third-order valence-corrected chi connectivity index (χ3v) is 7.81. The Hall–Kier alpha value is -2.99. The number of amides is 3. The average Bonchev–Trinajstić information content (AvgIpc) is 3.47. The molecule has 11 nitrogen and oxygen atoms in total. The molecule has 3 aliphatic heterocycles. The molecule has 3 amide bonds. The van der Waals surface area contributed by atoms with Crippen molar-refractivity contribution in [1.82, 2.24) is 20.3 Å². The van der Waals surface area contributed by atoms with Crippen LogP contribution < -0.4 is 10.6 Å². The molecular formula is C28H39N5O6. The number of anilines is 1. The predicted octanol–water partition coefficient (Wildman–Crippen LogP) is 2.21. The molecular weight excluding hydrogens is 502 g/mol. The molecule has 0 radical (unpaired) electrons. The number of aryl methyl sites for hydroxylation is 2. The number of nitrogens with zero attached hydrogens (tertiary/aromatic N) is 3.